The fraction of sp³-hybridized carbons (Fsp3) is 0.159. The van der Waals surface area contributed by atoms with Crippen molar-refractivity contribution in [2.24, 2.45) is 0 Å². The summed E-state index contributed by atoms with van der Waals surface area (Å²) in [6, 6.07) is 0. The van der Waals surface area contributed by atoms with Crippen molar-refractivity contribution in [2.75, 3.05) is 59.8 Å². The smallest absolute Gasteiger partial charge is 0.0701 e. The molecule has 28 aromatic carbocycles. The average molecular weight is 910 g/mol. The zero-order valence-electron chi connectivity index (χ0n) is 38.3. The molecule has 318 valence electrons. The minimum atomic E-state index is -0.207. The molecule has 0 N–H and O–H groups in total. The van der Waals surface area contributed by atoms with Crippen LogP contribution >= 0.6 is 0 Å². The summed E-state index contributed by atoms with van der Waals surface area (Å²) in [5, 5.41) is 90.3. The minimum Gasteiger partial charge on any atom is -0.382 e. The molecule has 2 atom stereocenters. The highest BCUT2D eigenvalue weighted by molar-refractivity contribution is 6.82. The average Bonchev–Trinajstić information content (AvgIpc) is 3.46. The van der Waals surface area contributed by atoms with E-state index in [0.717, 1.165) is 26.2 Å². The van der Waals surface area contributed by atoms with Crippen LogP contribution in [0.5, 0.6) is 0 Å². The molecule has 73 heavy (non-hydrogen) atoms. The number of benzene rings is 17. The summed E-state index contributed by atoms with van der Waals surface area (Å²) in [6.07, 6.45) is 0. The molecule has 1 fully saturated rings. The van der Waals surface area contributed by atoms with Crippen LogP contribution < -0.4 is 0 Å². The Hall–Kier alpha value is -7.70. The highest BCUT2D eigenvalue weighted by atomic mass is 16.5. The molecule has 0 saturated carbocycles. The maximum atomic E-state index is 6.58. The van der Waals surface area contributed by atoms with Gasteiger partial charge >= 0.3 is 0 Å². The van der Waals surface area contributed by atoms with Gasteiger partial charge in [-0.05, 0) is 313 Å². The van der Waals surface area contributed by atoms with Crippen LogP contribution in [0.3, 0.4) is 0 Å². The lowest BCUT2D eigenvalue weighted by molar-refractivity contribution is 0.0204. The van der Waals surface area contributed by atoms with Gasteiger partial charge in [0.15, 0.2) is 0 Å². The van der Waals surface area contributed by atoms with Crippen molar-refractivity contribution in [3.8, 4) is 0 Å². The number of ether oxygens (including phenoxy) is 3. The Bertz CT molecular complexity index is 6910. The first-order chi connectivity index (χ1) is 36.4. The Morgan fingerprint density at radius 2 is 0.411 bits per heavy atom. The SMILES string of the molecule is COCCOCCOCCN1CC23c4c5c6c7c8c9c(c%10c%11c2c2c%12c4c4c%13c5c5c7c7c8c8c%14c9c%10c9c%10c%11c2c2c%11c%12c4c4c%12c%13c5c5c7c7c8c8c%14c9c9c%10c2c2c%11c4c4c%12c5c7c5c8c9c2c45)C63C1. The van der Waals surface area contributed by atoms with Gasteiger partial charge in [0.25, 0.3) is 0 Å². The minimum absolute atomic E-state index is 0.207. The Balaban J connectivity index is 1.01. The first kappa shape index (κ1) is 29.1. The molecule has 4 nitrogen and oxygen atoms in total. The van der Waals surface area contributed by atoms with E-state index < -0.39 is 0 Å². The number of likely N-dealkylation sites (tertiary alicyclic amines) is 1. The predicted molar refractivity (Wildman–Crippen MR) is 304 cm³/mol. The van der Waals surface area contributed by atoms with Crippen molar-refractivity contribution in [1.82, 2.24) is 4.90 Å². The second-order valence-corrected chi connectivity index (χ2v) is 26.5. The summed E-state index contributed by atoms with van der Waals surface area (Å²) in [5.74, 6) is 0. The third kappa shape index (κ3) is 1.68. The summed E-state index contributed by atoms with van der Waals surface area (Å²) < 4.78 is 17.8. The second-order valence-electron chi connectivity index (χ2n) is 26.5. The number of methoxy groups -OCH3 is 1. The number of hydrogen-bond acceptors (Lipinski definition) is 4. The van der Waals surface area contributed by atoms with Crippen molar-refractivity contribution < 1.29 is 14.2 Å². The summed E-state index contributed by atoms with van der Waals surface area (Å²) in [5.41, 5.74) is 6.69. The molecule has 4 heteroatoms. The summed E-state index contributed by atoms with van der Waals surface area (Å²) in [4.78, 5) is 2.95. The predicted octanol–water partition coefficient (Wildman–Crippen LogP) is 16.3. The Labute approximate surface area is 400 Å². The molecule has 33 rings (SSSR count). The molecule has 2 unspecified atom stereocenters. The quantitative estimate of drug-likeness (QED) is 0.107. The summed E-state index contributed by atoms with van der Waals surface area (Å²) in [7, 11) is 1.75. The van der Waals surface area contributed by atoms with Crippen molar-refractivity contribution in [3.05, 3.63) is 22.3 Å². The maximum absolute atomic E-state index is 6.58. The van der Waals surface area contributed by atoms with Gasteiger partial charge in [-0.2, -0.15) is 0 Å². The Kier molecular flexibility index (Phi) is 2.78. The molecule has 0 radical (unpaired) electrons. The molecule has 28 aromatic rings. The van der Waals surface area contributed by atoms with E-state index in [-0.39, 0.29) is 10.8 Å². The van der Waals surface area contributed by atoms with Gasteiger partial charge in [-0.3, -0.25) is 4.90 Å². The highest BCUT2D eigenvalue weighted by Gasteiger charge is 2.73. The maximum Gasteiger partial charge on any atom is 0.0701 e. The van der Waals surface area contributed by atoms with Gasteiger partial charge < -0.3 is 14.2 Å². The van der Waals surface area contributed by atoms with E-state index in [0.29, 0.717) is 26.4 Å². The molecule has 2 spiro atoms. The third-order valence-electron chi connectivity index (χ3n) is 26.0. The van der Waals surface area contributed by atoms with E-state index in [4.69, 9.17) is 14.2 Å². The molecule has 1 aliphatic heterocycles. The molecule has 0 aromatic heterocycles. The topological polar surface area (TPSA) is 30.9 Å². The summed E-state index contributed by atoms with van der Waals surface area (Å²) in [6.45, 7) is 6.23. The van der Waals surface area contributed by atoms with Crippen LogP contribution in [0.2, 0.25) is 0 Å². The van der Waals surface area contributed by atoms with E-state index in [1.165, 1.54) is 0 Å². The number of nitrogens with zero attached hydrogens (tertiary/aromatic N) is 1. The van der Waals surface area contributed by atoms with Crippen molar-refractivity contribution >= 4 is 291 Å². The third-order valence-corrected chi connectivity index (χ3v) is 26.0. The first-order valence-corrected chi connectivity index (χ1v) is 27.5. The normalized spacial score (nSPS) is 22.5. The van der Waals surface area contributed by atoms with Crippen molar-refractivity contribution in [3.63, 3.8) is 0 Å². The second kappa shape index (κ2) is 6.97. The van der Waals surface area contributed by atoms with Gasteiger partial charge in [-0.25, -0.2) is 0 Å². The van der Waals surface area contributed by atoms with Gasteiger partial charge in [0, 0.05) is 26.7 Å². The van der Waals surface area contributed by atoms with Gasteiger partial charge in [-0.15, -0.1) is 0 Å². The van der Waals surface area contributed by atoms with Gasteiger partial charge in [0.2, 0.25) is 0 Å². The lowest BCUT2D eigenvalue weighted by Crippen LogP contribution is -2.49. The lowest BCUT2D eigenvalue weighted by atomic mass is 9.52. The Morgan fingerprint density at radius 3 is 0.671 bits per heavy atom. The van der Waals surface area contributed by atoms with Crippen LogP contribution in [-0.2, 0) is 25.0 Å². The first-order valence-electron chi connectivity index (χ1n) is 27.5. The number of hydrogen-bond donors (Lipinski definition) is 0. The molecule has 1 saturated heterocycles. The fourth-order valence-corrected chi connectivity index (χ4v) is 25.7. The molecular weight excluding hydrogens is 891 g/mol. The van der Waals surface area contributed by atoms with Crippen LogP contribution in [0.1, 0.15) is 22.3 Å². The number of rotatable bonds is 9. The monoisotopic (exact) mass is 909 g/mol. The Morgan fingerprint density at radius 1 is 0.233 bits per heavy atom. The standard InChI is InChI=1S/C69H19NO3/c1-71-4-5-73-7-6-72-3-2-70-8-68-64-57-50-38-30-21-12-10-11-13-16(12)25-32(30)40-41-33(25)31-22(13)24-20-15(11)18-17-14(10)19-23(21)36(38)44-42-28(19)26(17)34-35-27(18)29(20)43-45-37(24)39(31)51-53(41)62(61(64)52(40)50)65-58(51)56(45)60-49(43)47(35)54-46(34)48(42)59(55(44)57)66(68)63(54)67(60)69(65,68)9-70/h2-9H2,1H3. The fourth-order valence-electron chi connectivity index (χ4n) is 25.7. The van der Waals surface area contributed by atoms with E-state index in [1.807, 2.05) is 0 Å². The van der Waals surface area contributed by atoms with Gasteiger partial charge in [0.05, 0.1) is 43.9 Å². The van der Waals surface area contributed by atoms with E-state index in [1.54, 1.807) is 320 Å². The summed E-state index contributed by atoms with van der Waals surface area (Å²) >= 11 is 0. The van der Waals surface area contributed by atoms with Gasteiger partial charge in [0.1, 0.15) is 0 Å². The molecule has 1 heterocycles. The zero-order valence-corrected chi connectivity index (χ0v) is 38.3. The van der Waals surface area contributed by atoms with E-state index >= 15 is 0 Å². The van der Waals surface area contributed by atoms with Crippen LogP contribution in [-0.4, -0.2) is 64.7 Å². The van der Waals surface area contributed by atoms with E-state index in [2.05, 4.69) is 4.90 Å². The molecule has 4 aliphatic carbocycles. The van der Waals surface area contributed by atoms with E-state index in [9.17, 15) is 0 Å². The van der Waals surface area contributed by atoms with Crippen LogP contribution in [0, 0.1) is 0 Å². The van der Waals surface area contributed by atoms with Gasteiger partial charge in [-0.1, -0.05) is 0 Å². The molecule has 0 bridgehead atoms. The van der Waals surface area contributed by atoms with Crippen molar-refractivity contribution in [2.45, 2.75) is 10.8 Å². The molecule has 5 aliphatic rings. The highest BCUT2D eigenvalue weighted by Crippen LogP contribution is 2.85. The van der Waals surface area contributed by atoms with Crippen LogP contribution in [0.15, 0.2) is 0 Å². The van der Waals surface area contributed by atoms with Crippen molar-refractivity contribution in [1.29, 1.82) is 0 Å². The molecule has 0 amide bonds. The zero-order chi connectivity index (χ0) is 43.8. The van der Waals surface area contributed by atoms with Crippen LogP contribution in [0.25, 0.3) is 291 Å². The largest absolute Gasteiger partial charge is 0.382 e. The van der Waals surface area contributed by atoms with Crippen LogP contribution in [0.4, 0.5) is 0 Å². The molecular formula is C69H19NO3. The lowest BCUT2D eigenvalue weighted by Gasteiger charge is -2.48.